The van der Waals surface area contributed by atoms with Crippen LogP contribution in [0.2, 0.25) is 5.02 Å². The maximum Gasteiger partial charge on any atom is 0.141 e. The highest BCUT2D eigenvalue weighted by Gasteiger charge is 2.09. The summed E-state index contributed by atoms with van der Waals surface area (Å²) in [5.41, 5.74) is 6.13. The van der Waals surface area contributed by atoms with Crippen molar-refractivity contribution in [3.63, 3.8) is 0 Å². The van der Waals surface area contributed by atoms with Crippen molar-refractivity contribution in [2.75, 3.05) is 19.8 Å². The number of nitrogens with one attached hydrogen (secondary N) is 1. The number of unbranched alkanes of at least 4 members (excludes halogenated alkanes) is 2. The van der Waals surface area contributed by atoms with Crippen LogP contribution in [0.15, 0.2) is 34.0 Å². The first-order valence-electron chi connectivity index (χ1n) is 8.90. The maximum absolute atomic E-state index is 6.31. The van der Waals surface area contributed by atoms with Crippen LogP contribution in [-0.4, -0.2) is 19.8 Å². The van der Waals surface area contributed by atoms with E-state index in [1.54, 1.807) is 12.1 Å². The Labute approximate surface area is 177 Å². The molecule has 0 amide bonds. The summed E-state index contributed by atoms with van der Waals surface area (Å²) in [5.74, 6) is 1.33. The van der Waals surface area contributed by atoms with E-state index in [9.17, 15) is 0 Å². The first kappa shape index (κ1) is 24.0. The fraction of sp³-hybridized carbons (Fsp3) is 0.500. The zero-order chi connectivity index (χ0) is 20.2. The summed E-state index contributed by atoms with van der Waals surface area (Å²) in [5, 5.41) is 0.524. The standard InChI is InChI=1S/C20H28Cl3NO3/c1-14(2)16(4)24-27-10-7-5-6-9-26-20-15(3)12-17(13-18(20)21)25-11-8-19(22)23/h8,12-13,24H,5-7,9-11H2,1-4H3. The summed E-state index contributed by atoms with van der Waals surface area (Å²) in [6, 6.07) is 3.60. The van der Waals surface area contributed by atoms with Gasteiger partial charge in [-0.1, -0.05) is 40.4 Å². The molecule has 1 aromatic rings. The quantitative estimate of drug-likeness (QED) is 0.291. The third-order valence-corrected chi connectivity index (χ3v) is 4.39. The summed E-state index contributed by atoms with van der Waals surface area (Å²) in [4.78, 5) is 5.42. The van der Waals surface area contributed by atoms with Crippen LogP contribution in [-0.2, 0) is 4.84 Å². The minimum absolute atomic E-state index is 0.172. The minimum Gasteiger partial charge on any atom is -0.492 e. The molecule has 0 saturated carbocycles. The van der Waals surface area contributed by atoms with Gasteiger partial charge in [0.25, 0.3) is 0 Å². The average Bonchev–Trinajstić information content (AvgIpc) is 2.58. The van der Waals surface area contributed by atoms with Crippen LogP contribution < -0.4 is 15.0 Å². The maximum atomic E-state index is 6.31. The molecular weight excluding hydrogens is 409 g/mol. The van der Waals surface area contributed by atoms with Gasteiger partial charge in [0.15, 0.2) is 0 Å². The van der Waals surface area contributed by atoms with E-state index in [-0.39, 0.29) is 11.1 Å². The van der Waals surface area contributed by atoms with Gasteiger partial charge in [-0.05, 0) is 64.7 Å². The van der Waals surface area contributed by atoms with Gasteiger partial charge >= 0.3 is 0 Å². The molecule has 0 spiro atoms. The van der Waals surface area contributed by atoms with Crippen LogP contribution in [0.3, 0.4) is 0 Å². The summed E-state index contributed by atoms with van der Waals surface area (Å²) >= 11 is 17.4. The van der Waals surface area contributed by atoms with Crippen LogP contribution in [0, 0.1) is 6.92 Å². The molecule has 1 rings (SSSR count). The Morgan fingerprint density at radius 1 is 1.04 bits per heavy atom. The molecule has 7 heteroatoms. The number of allylic oxidation sites excluding steroid dienone is 2. The van der Waals surface area contributed by atoms with Crippen molar-refractivity contribution in [1.29, 1.82) is 0 Å². The molecule has 0 fully saturated rings. The van der Waals surface area contributed by atoms with Crippen LogP contribution in [0.25, 0.3) is 0 Å². The van der Waals surface area contributed by atoms with Gasteiger partial charge in [0.2, 0.25) is 0 Å². The lowest BCUT2D eigenvalue weighted by atomic mass is 10.2. The van der Waals surface area contributed by atoms with Gasteiger partial charge < -0.3 is 9.47 Å². The number of hydroxylamine groups is 1. The van der Waals surface area contributed by atoms with E-state index in [1.165, 1.54) is 5.57 Å². The molecule has 152 valence electrons. The number of hydrogen-bond acceptors (Lipinski definition) is 4. The highest BCUT2D eigenvalue weighted by Crippen LogP contribution is 2.33. The largest absolute Gasteiger partial charge is 0.492 e. The molecule has 4 nitrogen and oxygen atoms in total. The van der Waals surface area contributed by atoms with Gasteiger partial charge in [0, 0.05) is 11.8 Å². The van der Waals surface area contributed by atoms with E-state index in [0.29, 0.717) is 29.7 Å². The first-order valence-corrected chi connectivity index (χ1v) is 10.0. The number of halogens is 3. The topological polar surface area (TPSA) is 39.7 Å². The molecule has 0 radical (unpaired) electrons. The second-order valence-electron chi connectivity index (χ2n) is 6.34. The van der Waals surface area contributed by atoms with Crippen molar-refractivity contribution in [1.82, 2.24) is 5.48 Å². The molecule has 0 heterocycles. The highest BCUT2D eigenvalue weighted by atomic mass is 35.5. The van der Waals surface area contributed by atoms with Crippen molar-refractivity contribution >= 4 is 34.8 Å². The van der Waals surface area contributed by atoms with Crippen LogP contribution in [0.4, 0.5) is 0 Å². The van der Waals surface area contributed by atoms with E-state index >= 15 is 0 Å². The van der Waals surface area contributed by atoms with Crippen molar-refractivity contribution in [3.05, 3.63) is 44.6 Å². The minimum atomic E-state index is 0.172. The summed E-state index contributed by atoms with van der Waals surface area (Å²) in [6.45, 7) is 9.56. The van der Waals surface area contributed by atoms with E-state index in [0.717, 1.165) is 30.5 Å². The number of aryl methyl sites for hydroxylation is 1. The summed E-state index contributed by atoms with van der Waals surface area (Å²) in [7, 11) is 0. The van der Waals surface area contributed by atoms with Gasteiger partial charge in [-0.25, -0.2) is 0 Å². The van der Waals surface area contributed by atoms with E-state index in [2.05, 4.69) is 5.48 Å². The molecule has 27 heavy (non-hydrogen) atoms. The summed E-state index contributed by atoms with van der Waals surface area (Å²) < 4.78 is 11.5. The molecule has 1 N–H and O–H groups in total. The zero-order valence-corrected chi connectivity index (χ0v) is 18.6. The molecular formula is C20H28Cl3NO3. The zero-order valence-electron chi connectivity index (χ0n) is 16.3. The molecule has 0 saturated heterocycles. The van der Waals surface area contributed by atoms with E-state index in [4.69, 9.17) is 49.1 Å². The predicted molar refractivity (Wildman–Crippen MR) is 114 cm³/mol. The fourth-order valence-corrected chi connectivity index (χ4v) is 2.49. The van der Waals surface area contributed by atoms with Crippen molar-refractivity contribution in [3.8, 4) is 11.5 Å². The lowest BCUT2D eigenvalue weighted by Crippen LogP contribution is -2.14. The molecule has 1 aromatic carbocycles. The van der Waals surface area contributed by atoms with Crippen LogP contribution in [0.1, 0.15) is 45.6 Å². The molecule has 0 aliphatic heterocycles. The third kappa shape index (κ3) is 10.2. The molecule has 0 aliphatic carbocycles. The van der Waals surface area contributed by atoms with Crippen molar-refractivity contribution < 1.29 is 14.3 Å². The Kier molecular flexibility index (Phi) is 11.7. The number of rotatable bonds is 12. The second kappa shape index (κ2) is 13.2. The van der Waals surface area contributed by atoms with Gasteiger partial charge in [-0.15, -0.1) is 0 Å². The van der Waals surface area contributed by atoms with Crippen molar-refractivity contribution in [2.24, 2.45) is 0 Å². The molecule has 0 unspecified atom stereocenters. The lowest BCUT2D eigenvalue weighted by Gasteiger charge is -2.13. The molecule has 0 bridgehead atoms. The Hall–Kier alpha value is -1.07. The Morgan fingerprint density at radius 3 is 2.37 bits per heavy atom. The van der Waals surface area contributed by atoms with Gasteiger partial charge in [-0.3, -0.25) is 10.3 Å². The number of hydrogen-bond donors (Lipinski definition) is 1. The van der Waals surface area contributed by atoms with Crippen LogP contribution in [0.5, 0.6) is 11.5 Å². The molecule has 0 aliphatic rings. The summed E-state index contributed by atoms with van der Waals surface area (Å²) in [6.07, 6.45) is 4.47. The fourth-order valence-electron chi connectivity index (χ4n) is 2.06. The SMILES string of the molecule is CC(C)=C(C)NOCCCCCOc1c(C)cc(OCC=C(Cl)Cl)cc1Cl. The smallest absolute Gasteiger partial charge is 0.141 e. The second-order valence-corrected chi connectivity index (χ2v) is 7.76. The molecule has 0 atom stereocenters. The first-order chi connectivity index (χ1) is 12.8. The van der Waals surface area contributed by atoms with E-state index < -0.39 is 0 Å². The van der Waals surface area contributed by atoms with Crippen LogP contribution >= 0.6 is 34.8 Å². The van der Waals surface area contributed by atoms with Gasteiger partial charge in [0.05, 0.1) is 18.2 Å². The number of ether oxygens (including phenoxy) is 2. The monoisotopic (exact) mass is 435 g/mol. The predicted octanol–water partition coefficient (Wildman–Crippen LogP) is 6.73. The van der Waals surface area contributed by atoms with Gasteiger partial charge in [0.1, 0.15) is 22.6 Å². The van der Waals surface area contributed by atoms with Gasteiger partial charge in [-0.2, -0.15) is 0 Å². The average molecular weight is 437 g/mol. The Bertz CT molecular complexity index is 629. The molecule has 0 aromatic heterocycles. The van der Waals surface area contributed by atoms with Crippen molar-refractivity contribution in [2.45, 2.75) is 47.0 Å². The third-order valence-electron chi connectivity index (χ3n) is 3.80. The Balaban J connectivity index is 2.30. The van der Waals surface area contributed by atoms with E-state index in [1.807, 2.05) is 33.8 Å². The Morgan fingerprint density at radius 2 is 1.74 bits per heavy atom. The lowest BCUT2D eigenvalue weighted by molar-refractivity contribution is 0.0587. The number of benzene rings is 1. The normalized spacial score (nSPS) is 10.3. The highest BCUT2D eigenvalue weighted by molar-refractivity contribution is 6.55.